The van der Waals surface area contributed by atoms with Gasteiger partial charge in [0, 0.05) is 13.0 Å². The number of hydrogen-bond donors (Lipinski definition) is 1. The van der Waals surface area contributed by atoms with Crippen molar-refractivity contribution in [3.8, 4) is 17.2 Å². The van der Waals surface area contributed by atoms with Crippen molar-refractivity contribution >= 4 is 11.8 Å². The molecule has 7 nitrogen and oxygen atoms in total. The minimum absolute atomic E-state index is 0.224. The van der Waals surface area contributed by atoms with E-state index in [0.29, 0.717) is 36.6 Å². The molecule has 1 heterocycles. The first kappa shape index (κ1) is 23.2. The highest BCUT2D eigenvalue weighted by Gasteiger charge is 2.41. The molecule has 176 valence electrons. The van der Waals surface area contributed by atoms with E-state index in [4.69, 9.17) is 14.2 Å². The number of carbonyl (C=O) groups excluding carboxylic acids is 2. The Balaban J connectivity index is 1.51. The van der Waals surface area contributed by atoms with Crippen molar-refractivity contribution in [3.63, 3.8) is 0 Å². The Morgan fingerprint density at radius 2 is 1.59 bits per heavy atom. The molecule has 7 heteroatoms. The van der Waals surface area contributed by atoms with E-state index in [-0.39, 0.29) is 17.9 Å². The van der Waals surface area contributed by atoms with Crippen LogP contribution in [0, 0.1) is 0 Å². The molecule has 0 radical (unpaired) electrons. The van der Waals surface area contributed by atoms with Crippen molar-refractivity contribution in [1.82, 2.24) is 10.2 Å². The van der Waals surface area contributed by atoms with Crippen molar-refractivity contribution in [1.29, 1.82) is 0 Å². The molecule has 1 fully saturated rings. The lowest BCUT2D eigenvalue weighted by atomic mass is 10.1. The molecule has 3 aromatic rings. The Bertz CT molecular complexity index is 1120. The molecular weight excluding hydrogens is 432 g/mol. The van der Waals surface area contributed by atoms with Gasteiger partial charge in [0.25, 0.3) is 5.91 Å². The number of ether oxygens (including phenoxy) is 3. The standard InChI is InChI=1S/C27H28N2O5/c1-32-20-14-12-19(13-15-20)17-28-26(30)24-16-22(34-21-8-4-3-5-9-21)18-29(24)27(31)23-10-6-7-11-25(23)33-2/h3-15,22,24H,16-18H2,1-2H3,(H,28,30). The van der Waals surface area contributed by atoms with E-state index in [2.05, 4.69) is 5.32 Å². The average molecular weight is 461 g/mol. The van der Waals surface area contributed by atoms with Gasteiger partial charge in [-0.25, -0.2) is 0 Å². The van der Waals surface area contributed by atoms with Crippen molar-refractivity contribution in [2.45, 2.75) is 25.1 Å². The van der Waals surface area contributed by atoms with Crippen LogP contribution in [0.1, 0.15) is 22.3 Å². The normalized spacial score (nSPS) is 17.2. The zero-order valence-electron chi connectivity index (χ0n) is 19.3. The average Bonchev–Trinajstić information content (AvgIpc) is 3.31. The summed E-state index contributed by atoms with van der Waals surface area (Å²) in [6.07, 6.45) is 0.0855. The molecule has 2 atom stereocenters. The molecule has 0 aliphatic carbocycles. The molecule has 1 saturated heterocycles. The summed E-state index contributed by atoms with van der Waals surface area (Å²) >= 11 is 0. The third-order valence-electron chi connectivity index (χ3n) is 5.84. The lowest BCUT2D eigenvalue weighted by molar-refractivity contribution is -0.125. The van der Waals surface area contributed by atoms with Crippen LogP contribution >= 0.6 is 0 Å². The van der Waals surface area contributed by atoms with Crippen LogP contribution in [0.5, 0.6) is 17.2 Å². The van der Waals surface area contributed by atoms with E-state index < -0.39 is 6.04 Å². The number of carbonyl (C=O) groups is 2. The van der Waals surface area contributed by atoms with Gasteiger partial charge in [-0.1, -0.05) is 42.5 Å². The van der Waals surface area contributed by atoms with E-state index in [1.165, 1.54) is 7.11 Å². The molecule has 3 aromatic carbocycles. The van der Waals surface area contributed by atoms with E-state index >= 15 is 0 Å². The van der Waals surface area contributed by atoms with Crippen LogP contribution in [0.4, 0.5) is 0 Å². The van der Waals surface area contributed by atoms with Gasteiger partial charge in [-0.2, -0.15) is 0 Å². The van der Waals surface area contributed by atoms with Gasteiger partial charge in [0.2, 0.25) is 5.91 Å². The highest BCUT2D eigenvalue weighted by atomic mass is 16.5. The predicted molar refractivity (Wildman–Crippen MR) is 128 cm³/mol. The van der Waals surface area contributed by atoms with Gasteiger partial charge in [0.1, 0.15) is 29.4 Å². The highest BCUT2D eigenvalue weighted by molar-refractivity contribution is 6.00. The summed E-state index contributed by atoms with van der Waals surface area (Å²) < 4.78 is 16.7. The van der Waals surface area contributed by atoms with Crippen LogP contribution in [0.2, 0.25) is 0 Å². The molecule has 2 amide bonds. The van der Waals surface area contributed by atoms with Gasteiger partial charge in [0.15, 0.2) is 0 Å². The van der Waals surface area contributed by atoms with Gasteiger partial charge in [-0.15, -0.1) is 0 Å². The fourth-order valence-electron chi connectivity index (χ4n) is 4.07. The molecule has 0 aromatic heterocycles. The van der Waals surface area contributed by atoms with Crippen LogP contribution in [0.3, 0.4) is 0 Å². The summed E-state index contributed by atoms with van der Waals surface area (Å²) in [4.78, 5) is 28.3. The number of benzene rings is 3. The van der Waals surface area contributed by atoms with E-state index in [1.807, 2.05) is 54.6 Å². The van der Waals surface area contributed by atoms with Crippen LogP contribution in [-0.4, -0.2) is 49.6 Å². The number of para-hydroxylation sites is 2. The number of rotatable bonds is 8. The second-order valence-electron chi connectivity index (χ2n) is 8.03. The number of likely N-dealkylation sites (tertiary alicyclic amines) is 1. The Morgan fingerprint density at radius 1 is 0.882 bits per heavy atom. The molecule has 1 aliphatic rings. The van der Waals surface area contributed by atoms with Crippen molar-refractivity contribution in [2.24, 2.45) is 0 Å². The maximum absolute atomic E-state index is 13.5. The zero-order chi connectivity index (χ0) is 23.9. The minimum Gasteiger partial charge on any atom is -0.497 e. The zero-order valence-corrected chi connectivity index (χ0v) is 19.3. The summed E-state index contributed by atoms with van der Waals surface area (Å²) in [6.45, 7) is 0.645. The second-order valence-corrected chi connectivity index (χ2v) is 8.03. The van der Waals surface area contributed by atoms with Crippen LogP contribution < -0.4 is 19.5 Å². The molecule has 2 unspecified atom stereocenters. The maximum atomic E-state index is 13.5. The van der Waals surface area contributed by atoms with Gasteiger partial charge in [0.05, 0.1) is 26.3 Å². The summed E-state index contributed by atoms with van der Waals surface area (Å²) in [5.74, 6) is 1.44. The molecule has 0 spiro atoms. The number of hydrogen-bond acceptors (Lipinski definition) is 5. The molecule has 1 aliphatic heterocycles. The smallest absolute Gasteiger partial charge is 0.258 e. The van der Waals surface area contributed by atoms with Gasteiger partial charge in [-0.3, -0.25) is 9.59 Å². The summed E-state index contributed by atoms with van der Waals surface area (Å²) in [7, 11) is 3.13. The van der Waals surface area contributed by atoms with Crippen LogP contribution in [0.15, 0.2) is 78.9 Å². The Hall–Kier alpha value is -4.00. The maximum Gasteiger partial charge on any atom is 0.258 e. The van der Waals surface area contributed by atoms with Crippen molar-refractivity contribution in [2.75, 3.05) is 20.8 Å². The molecule has 0 bridgehead atoms. The summed E-state index contributed by atoms with van der Waals surface area (Å²) in [5.41, 5.74) is 1.35. The Morgan fingerprint density at radius 3 is 2.29 bits per heavy atom. The minimum atomic E-state index is -0.663. The molecule has 1 N–H and O–H groups in total. The Labute approximate surface area is 199 Å². The first-order valence-corrected chi connectivity index (χ1v) is 11.2. The third kappa shape index (κ3) is 5.31. The third-order valence-corrected chi connectivity index (χ3v) is 5.84. The summed E-state index contributed by atoms with van der Waals surface area (Å²) in [6, 6.07) is 23.3. The van der Waals surface area contributed by atoms with Gasteiger partial charge >= 0.3 is 0 Å². The van der Waals surface area contributed by atoms with Crippen LogP contribution in [-0.2, 0) is 11.3 Å². The number of methoxy groups -OCH3 is 2. The number of nitrogens with zero attached hydrogens (tertiary/aromatic N) is 1. The van der Waals surface area contributed by atoms with E-state index in [1.54, 1.807) is 36.3 Å². The number of nitrogens with one attached hydrogen (secondary N) is 1. The van der Waals surface area contributed by atoms with Crippen molar-refractivity contribution < 1.29 is 23.8 Å². The highest BCUT2D eigenvalue weighted by Crippen LogP contribution is 2.28. The monoisotopic (exact) mass is 460 g/mol. The largest absolute Gasteiger partial charge is 0.497 e. The SMILES string of the molecule is COc1ccc(CNC(=O)C2CC(Oc3ccccc3)CN2C(=O)c2ccccc2OC)cc1. The first-order chi connectivity index (χ1) is 16.6. The molecule has 0 saturated carbocycles. The molecule has 34 heavy (non-hydrogen) atoms. The lowest BCUT2D eigenvalue weighted by Gasteiger charge is -2.24. The van der Waals surface area contributed by atoms with Gasteiger partial charge in [-0.05, 0) is 42.0 Å². The fourth-order valence-corrected chi connectivity index (χ4v) is 4.07. The van der Waals surface area contributed by atoms with Gasteiger partial charge < -0.3 is 24.4 Å². The lowest BCUT2D eigenvalue weighted by Crippen LogP contribution is -2.45. The Kier molecular flexibility index (Phi) is 7.32. The summed E-state index contributed by atoms with van der Waals surface area (Å²) in [5, 5.41) is 2.97. The van der Waals surface area contributed by atoms with E-state index in [9.17, 15) is 9.59 Å². The number of amides is 2. The van der Waals surface area contributed by atoms with Crippen molar-refractivity contribution in [3.05, 3.63) is 90.0 Å². The quantitative estimate of drug-likeness (QED) is 0.555. The molecule has 4 rings (SSSR count). The fraction of sp³-hybridized carbons (Fsp3) is 0.259. The van der Waals surface area contributed by atoms with Crippen LogP contribution in [0.25, 0.3) is 0 Å². The topological polar surface area (TPSA) is 77.1 Å². The predicted octanol–water partition coefficient (Wildman–Crippen LogP) is 3.68. The first-order valence-electron chi connectivity index (χ1n) is 11.2. The van der Waals surface area contributed by atoms with E-state index in [0.717, 1.165) is 11.3 Å². The molecular formula is C27H28N2O5. The second kappa shape index (κ2) is 10.7.